The van der Waals surface area contributed by atoms with Crippen LogP contribution in [0.25, 0.3) is 0 Å². The number of Topliss-reactive ketones (excluding diaryl/α,β-unsaturated/α-hetero) is 1. The SMILES string of the molecule is Cc1cc(C)c(C(=O)CSc2n[nH]c(COc3ccc(Br)cc3)n2)cc1C. The van der Waals surface area contributed by atoms with Gasteiger partial charge >= 0.3 is 0 Å². The van der Waals surface area contributed by atoms with Crippen molar-refractivity contribution in [2.24, 2.45) is 0 Å². The van der Waals surface area contributed by atoms with Crippen LogP contribution in [0.3, 0.4) is 0 Å². The summed E-state index contributed by atoms with van der Waals surface area (Å²) in [5.41, 5.74) is 4.09. The van der Waals surface area contributed by atoms with Crippen molar-refractivity contribution in [1.82, 2.24) is 15.2 Å². The number of carbonyl (C=O) groups excluding carboxylic acids is 1. The van der Waals surface area contributed by atoms with Crippen LogP contribution in [0.1, 0.15) is 32.9 Å². The van der Waals surface area contributed by atoms with Gasteiger partial charge in [-0.3, -0.25) is 9.89 Å². The van der Waals surface area contributed by atoms with Crippen molar-refractivity contribution in [2.75, 3.05) is 5.75 Å². The van der Waals surface area contributed by atoms with Crippen LogP contribution in [0.2, 0.25) is 0 Å². The smallest absolute Gasteiger partial charge is 0.208 e. The highest BCUT2D eigenvalue weighted by atomic mass is 79.9. The van der Waals surface area contributed by atoms with Crippen molar-refractivity contribution < 1.29 is 9.53 Å². The van der Waals surface area contributed by atoms with E-state index in [2.05, 4.69) is 44.1 Å². The molecule has 2 aromatic carbocycles. The molecule has 0 aliphatic heterocycles. The van der Waals surface area contributed by atoms with Gasteiger partial charge in [-0.15, -0.1) is 5.10 Å². The number of hydrogen-bond donors (Lipinski definition) is 1. The van der Waals surface area contributed by atoms with Crippen molar-refractivity contribution in [3.05, 3.63) is 68.9 Å². The highest BCUT2D eigenvalue weighted by Crippen LogP contribution is 2.21. The standard InChI is InChI=1S/C20H20BrN3O2S/c1-12-8-14(3)17(9-13(12)2)18(25)11-27-20-22-19(23-24-20)10-26-16-6-4-15(21)5-7-16/h4-9H,10-11H2,1-3H3,(H,22,23,24). The molecule has 0 aliphatic carbocycles. The van der Waals surface area contributed by atoms with Crippen LogP contribution in [0.5, 0.6) is 5.75 Å². The van der Waals surface area contributed by atoms with Gasteiger partial charge < -0.3 is 4.74 Å². The van der Waals surface area contributed by atoms with Gasteiger partial charge in [0.2, 0.25) is 5.16 Å². The van der Waals surface area contributed by atoms with E-state index in [1.54, 1.807) is 0 Å². The maximum atomic E-state index is 12.5. The fraction of sp³-hybridized carbons (Fsp3) is 0.250. The van der Waals surface area contributed by atoms with E-state index in [0.29, 0.717) is 23.3 Å². The second-order valence-corrected chi connectivity index (χ2v) is 8.13. The third kappa shape index (κ3) is 5.20. The fourth-order valence-corrected chi connectivity index (χ4v) is 3.52. The van der Waals surface area contributed by atoms with Crippen LogP contribution >= 0.6 is 27.7 Å². The maximum Gasteiger partial charge on any atom is 0.208 e. The molecule has 0 unspecified atom stereocenters. The molecule has 27 heavy (non-hydrogen) atoms. The minimum absolute atomic E-state index is 0.0815. The van der Waals surface area contributed by atoms with Gasteiger partial charge in [0.1, 0.15) is 12.4 Å². The zero-order chi connectivity index (χ0) is 19.4. The summed E-state index contributed by atoms with van der Waals surface area (Å²) in [5.74, 6) is 1.76. The molecule has 0 bridgehead atoms. The Morgan fingerprint density at radius 2 is 1.81 bits per heavy atom. The number of aromatic amines is 1. The molecular formula is C20H20BrN3O2S. The van der Waals surface area contributed by atoms with Gasteiger partial charge in [0.25, 0.3) is 0 Å². The molecule has 0 radical (unpaired) electrons. The van der Waals surface area contributed by atoms with Crippen LogP contribution in [0, 0.1) is 20.8 Å². The Morgan fingerprint density at radius 3 is 2.56 bits per heavy atom. The van der Waals surface area contributed by atoms with Crippen LogP contribution in [-0.2, 0) is 6.61 Å². The molecule has 0 atom stereocenters. The number of ketones is 1. The number of nitrogens with zero attached hydrogens (tertiary/aromatic N) is 2. The molecular weight excluding hydrogens is 426 g/mol. The lowest BCUT2D eigenvalue weighted by Crippen LogP contribution is -2.06. The van der Waals surface area contributed by atoms with E-state index in [1.807, 2.05) is 44.2 Å². The zero-order valence-electron chi connectivity index (χ0n) is 15.4. The van der Waals surface area contributed by atoms with Crippen molar-refractivity contribution in [2.45, 2.75) is 32.5 Å². The number of rotatable bonds is 7. The normalized spacial score (nSPS) is 10.8. The number of hydrogen-bond acceptors (Lipinski definition) is 5. The Morgan fingerprint density at radius 1 is 1.11 bits per heavy atom. The summed E-state index contributed by atoms with van der Waals surface area (Å²) in [7, 11) is 0. The molecule has 1 heterocycles. The number of aryl methyl sites for hydroxylation is 3. The minimum atomic E-state index is 0.0815. The first-order valence-electron chi connectivity index (χ1n) is 8.46. The molecule has 0 fully saturated rings. The summed E-state index contributed by atoms with van der Waals surface area (Å²) < 4.78 is 6.66. The van der Waals surface area contributed by atoms with E-state index in [1.165, 1.54) is 17.3 Å². The maximum absolute atomic E-state index is 12.5. The zero-order valence-corrected chi connectivity index (χ0v) is 17.8. The molecule has 0 spiro atoms. The predicted molar refractivity (Wildman–Crippen MR) is 111 cm³/mol. The molecule has 5 nitrogen and oxygen atoms in total. The van der Waals surface area contributed by atoms with Crippen molar-refractivity contribution in [3.63, 3.8) is 0 Å². The minimum Gasteiger partial charge on any atom is -0.486 e. The number of thioether (sulfide) groups is 1. The van der Waals surface area contributed by atoms with E-state index in [9.17, 15) is 4.79 Å². The number of carbonyl (C=O) groups is 1. The van der Waals surface area contributed by atoms with Gasteiger partial charge in [0.05, 0.1) is 5.75 Å². The first-order valence-corrected chi connectivity index (χ1v) is 10.2. The lowest BCUT2D eigenvalue weighted by Gasteiger charge is -2.08. The van der Waals surface area contributed by atoms with Crippen molar-refractivity contribution in [1.29, 1.82) is 0 Å². The lowest BCUT2D eigenvalue weighted by atomic mass is 9.99. The number of H-pyrrole nitrogens is 1. The first kappa shape index (κ1) is 19.6. The second kappa shape index (κ2) is 8.71. The van der Waals surface area contributed by atoms with E-state index in [4.69, 9.17) is 4.74 Å². The summed E-state index contributed by atoms with van der Waals surface area (Å²) in [6.07, 6.45) is 0. The Hall–Kier alpha value is -2.12. The summed E-state index contributed by atoms with van der Waals surface area (Å²) in [5, 5.41) is 7.54. The van der Waals surface area contributed by atoms with Gasteiger partial charge in [0, 0.05) is 10.0 Å². The van der Waals surface area contributed by atoms with Crippen molar-refractivity contribution in [3.8, 4) is 5.75 Å². The van der Waals surface area contributed by atoms with Crippen LogP contribution < -0.4 is 4.74 Å². The topological polar surface area (TPSA) is 67.9 Å². The summed E-state index contributed by atoms with van der Waals surface area (Å²) in [6, 6.07) is 11.6. The second-order valence-electron chi connectivity index (χ2n) is 6.27. The van der Waals surface area contributed by atoms with E-state index < -0.39 is 0 Å². The monoisotopic (exact) mass is 445 g/mol. The largest absolute Gasteiger partial charge is 0.486 e. The molecule has 0 saturated carbocycles. The van der Waals surface area contributed by atoms with Gasteiger partial charge in [-0.1, -0.05) is 33.8 Å². The number of ether oxygens (including phenoxy) is 1. The van der Waals surface area contributed by atoms with Crippen LogP contribution in [0.15, 0.2) is 46.0 Å². The molecule has 140 valence electrons. The van der Waals surface area contributed by atoms with Gasteiger partial charge in [-0.05, 0) is 67.8 Å². The van der Waals surface area contributed by atoms with Gasteiger partial charge in [-0.25, -0.2) is 4.98 Å². The molecule has 0 saturated heterocycles. The number of benzene rings is 2. The highest BCUT2D eigenvalue weighted by Gasteiger charge is 2.13. The average molecular weight is 446 g/mol. The summed E-state index contributed by atoms with van der Waals surface area (Å²) in [4.78, 5) is 16.9. The number of nitrogens with one attached hydrogen (secondary N) is 1. The van der Waals surface area contributed by atoms with E-state index in [-0.39, 0.29) is 5.78 Å². The highest BCUT2D eigenvalue weighted by molar-refractivity contribution is 9.10. The van der Waals surface area contributed by atoms with Crippen LogP contribution in [0.4, 0.5) is 0 Å². The quantitative estimate of drug-likeness (QED) is 0.407. The molecule has 1 N–H and O–H groups in total. The third-order valence-electron chi connectivity index (χ3n) is 4.17. The van der Waals surface area contributed by atoms with E-state index >= 15 is 0 Å². The Bertz CT molecular complexity index is 954. The molecule has 7 heteroatoms. The molecule has 0 amide bonds. The number of aromatic nitrogens is 3. The number of halogens is 1. The molecule has 3 rings (SSSR count). The summed E-state index contributed by atoms with van der Waals surface area (Å²) in [6.45, 7) is 6.33. The average Bonchev–Trinajstić information content (AvgIpc) is 3.10. The molecule has 1 aromatic heterocycles. The Labute approximate surface area is 171 Å². The third-order valence-corrected chi connectivity index (χ3v) is 5.55. The first-order chi connectivity index (χ1) is 12.9. The molecule has 0 aliphatic rings. The predicted octanol–water partition coefficient (Wildman–Crippen LogP) is 5.05. The van der Waals surface area contributed by atoms with E-state index in [0.717, 1.165) is 26.9 Å². The Balaban J connectivity index is 1.55. The molecule has 3 aromatic rings. The summed E-state index contributed by atoms with van der Waals surface area (Å²) >= 11 is 4.71. The van der Waals surface area contributed by atoms with Crippen LogP contribution in [-0.4, -0.2) is 26.7 Å². The van der Waals surface area contributed by atoms with Crippen molar-refractivity contribution >= 4 is 33.5 Å². The van der Waals surface area contributed by atoms with Gasteiger partial charge in [-0.2, -0.15) is 0 Å². The Kier molecular flexibility index (Phi) is 6.34. The lowest BCUT2D eigenvalue weighted by molar-refractivity contribution is 0.102. The van der Waals surface area contributed by atoms with Gasteiger partial charge in [0.15, 0.2) is 11.6 Å². The fourth-order valence-electron chi connectivity index (χ4n) is 2.56.